The molecule has 0 radical (unpaired) electrons. The van der Waals surface area contributed by atoms with Crippen LogP contribution in [0.4, 0.5) is 5.13 Å². The molecule has 2 N–H and O–H groups in total. The molecule has 0 saturated heterocycles. The van der Waals surface area contributed by atoms with Gasteiger partial charge in [0.05, 0.1) is 12.2 Å². The Morgan fingerprint density at radius 2 is 2.05 bits per heavy atom. The number of anilines is 1. The van der Waals surface area contributed by atoms with Crippen LogP contribution in [0.3, 0.4) is 0 Å². The fourth-order valence-electron chi connectivity index (χ4n) is 1.63. The summed E-state index contributed by atoms with van der Waals surface area (Å²) < 4.78 is 1.03. The van der Waals surface area contributed by atoms with Crippen LogP contribution in [-0.4, -0.2) is 24.0 Å². The molecule has 1 amide bonds. The van der Waals surface area contributed by atoms with Crippen molar-refractivity contribution < 1.29 is 4.79 Å². The molecule has 0 aliphatic heterocycles. The number of carbonyl (C=O) groups excluding carboxylic acids is 1. The predicted molar refractivity (Wildman–Crippen MR) is 94.3 cm³/mol. The first-order valence-corrected chi connectivity index (χ1v) is 8.08. The van der Waals surface area contributed by atoms with E-state index in [1.807, 2.05) is 29.6 Å². The Morgan fingerprint density at radius 1 is 1.33 bits per heavy atom. The Kier molecular flexibility index (Phi) is 7.88. The van der Waals surface area contributed by atoms with Crippen LogP contribution in [0.5, 0.6) is 0 Å². The van der Waals surface area contributed by atoms with Gasteiger partial charge in [-0.3, -0.25) is 4.79 Å². The van der Waals surface area contributed by atoms with Gasteiger partial charge in [0.2, 0.25) is 5.91 Å². The lowest BCUT2D eigenvalue weighted by atomic mass is 10.2. The second-order valence-electron chi connectivity index (χ2n) is 4.27. The van der Waals surface area contributed by atoms with Crippen LogP contribution in [-0.2, 0) is 4.79 Å². The van der Waals surface area contributed by atoms with E-state index >= 15 is 0 Å². The molecule has 7 heteroatoms. The average Bonchev–Trinajstić information content (AvgIpc) is 2.88. The van der Waals surface area contributed by atoms with Crippen LogP contribution in [0.2, 0.25) is 0 Å². The summed E-state index contributed by atoms with van der Waals surface area (Å²) in [6, 6.07) is 7.93. The van der Waals surface area contributed by atoms with E-state index in [-0.39, 0.29) is 18.3 Å². The molecule has 0 fully saturated rings. The van der Waals surface area contributed by atoms with Gasteiger partial charge in [-0.25, -0.2) is 4.98 Å². The summed E-state index contributed by atoms with van der Waals surface area (Å²) in [5, 5.41) is 8.43. The van der Waals surface area contributed by atoms with E-state index in [9.17, 15) is 4.79 Å². The lowest BCUT2D eigenvalue weighted by molar-refractivity contribution is -0.115. The maximum absolute atomic E-state index is 11.7. The number of amides is 1. The van der Waals surface area contributed by atoms with E-state index < -0.39 is 0 Å². The Labute approximate surface area is 142 Å². The Balaban J connectivity index is 0.00000220. The molecule has 1 aromatic heterocycles. The number of nitrogens with zero attached hydrogens (tertiary/aromatic N) is 1. The quantitative estimate of drug-likeness (QED) is 0.735. The topological polar surface area (TPSA) is 54.0 Å². The maximum atomic E-state index is 11.7. The molecule has 1 heterocycles. The van der Waals surface area contributed by atoms with Gasteiger partial charge < -0.3 is 10.6 Å². The number of hydrogen-bond donors (Lipinski definition) is 2. The SMILES string of the molecule is CCCNCC(=O)Nc1nc(-c2ccc(Br)cc2)cs1.Cl. The van der Waals surface area contributed by atoms with Gasteiger partial charge in [-0.05, 0) is 25.1 Å². The first-order chi connectivity index (χ1) is 9.69. The van der Waals surface area contributed by atoms with Gasteiger partial charge in [0.25, 0.3) is 0 Å². The van der Waals surface area contributed by atoms with Gasteiger partial charge >= 0.3 is 0 Å². The minimum atomic E-state index is -0.0600. The first kappa shape index (κ1) is 18.1. The Bertz CT molecular complexity index is 574. The van der Waals surface area contributed by atoms with Crippen molar-refractivity contribution in [3.05, 3.63) is 34.1 Å². The number of halogens is 2. The number of thiazole rings is 1. The van der Waals surface area contributed by atoms with Crippen LogP contribution in [0.15, 0.2) is 34.1 Å². The molecule has 2 rings (SSSR count). The second kappa shape index (κ2) is 9.15. The fraction of sp³-hybridized carbons (Fsp3) is 0.286. The molecule has 4 nitrogen and oxygen atoms in total. The molecule has 0 saturated carbocycles. The van der Waals surface area contributed by atoms with Crippen molar-refractivity contribution in [2.75, 3.05) is 18.4 Å². The third-order valence-corrected chi connectivity index (χ3v) is 3.89. The molecule has 0 aliphatic rings. The van der Waals surface area contributed by atoms with E-state index in [1.54, 1.807) is 0 Å². The third-order valence-electron chi connectivity index (χ3n) is 2.60. The molecule has 0 atom stereocenters. The highest BCUT2D eigenvalue weighted by Crippen LogP contribution is 2.25. The Hall–Kier alpha value is -0.950. The fourth-order valence-corrected chi connectivity index (χ4v) is 2.63. The largest absolute Gasteiger partial charge is 0.308 e. The zero-order valence-corrected chi connectivity index (χ0v) is 14.8. The lowest BCUT2D eigenvalue weighted by Crippen LogP contribution is -2.28. The summed E-state index contributed by atoms with van der Waals surface area (Å²) in [5.74, 6) is -0.0600. The molecule has 114 valence electrons. The maximum Gasteiger partial charge on any atom is 0.240 e. The van der Waals surface area contributed by atoms with Crippen molar-refractivity contribution in [2.24, 2.45) is 0 Å². The summed E-state index contributed by atoms with van der Waals surface area (Å²) in [5.41, 5.74) is 1.91. The van der Waals surface area contributed by atoms with Gasteiger partial charge in [-0.1, -0.05) is 35.0 Å². The van der Waals surface area contributed by atoms with Gasteiger partial charge in [0.1, 0.15) is 0 Å². The molecule has 0 aliphatic carbocycles. The standard InChI is InChI=1S/C14H16BrN3OS.ClH/c1-2-7-16-8-13(19)18-14-17-12(9-20-14)10-3-5-11(15)6-4-10;/h3-6,9,16H,2,7-8H2,1H3,(H,17,18,19);1H. The van der Waals surface area contributed by atoms with Gasteiger partial charge in [0, 0.05) is 15.4 Å². The predicted octanol–water partition coefficient (Wildman–Crippen LogP) is 3.93. The van der Waals surface area contributed by atoms with Crippen molar-refractivity contribution in [1.29, 1.82) is 0 Å². The molecule has 1 aromatic carbocycles. The number of aromatic nitrogens is 1. The zero-order valence-electron chi connectivity index (χ0n) is 11.6. The van der Waals surface area contributed by atoms with Crippen molar-refractivity contribution in [3.8, 4) is 11.3 Å². The van der Waals surface area contributed by atoms with E-state index in [2.05, 4.69) is 38.5 Å². The van der Waals surface area contributed by atoms with E-state index in [1.165, 1.54) is 11.3 Å². The van der Waals surface area contributed by atoms with Gasteiger partial charge in [0.15, 0.2) is 5.13 Å². The van der Waals surface area contributed by atoms with Gasteiger partial charge in [-0.15, -0.1) is 23.7 Å². The summed E-state index contributed by atoms with van der Waals surface area (Å²) in [7, 11) is 0. The van der Waals surface area contributed by atoms with E-state index in [0.717, 1.165) is 28.7 Å². The van der Waals surface area contributed by atoms with Crippen molar-refractivity contribution >= 4 is 50.7 Å². The van der Waals surface area contributed by atoms with Crippen molar-refractivity contribution in [1.82, 2.24) is 10.3 Å². The lowest BCUT2D eigenvalue weighted by Gasteiger charge is -2.02. The normalized spacial score (nSPS) is 10.0. The number of carbonyl (C=O) groups is 1. The number of nitrogens with one attached hydrogen (secondary N) is 2. The highest BCUT2D eigenvalue weighted by Gasteiger charge is 2.07. The second-order valence-corrected chi connectivity index (χ2v) is 6.04. The highest BCUT2D eigenvalue weighted by atomic mass is 79.9. The summed E-state index contributed by atoms with van der Waals surface area (Å²) in [6.45, 7) is 3.23. The average molecular weight is 391 g/mol. The highest BCUT2D eigenvalue weighted by molar-refractivity contribution is 9.10. The molecule has 0 bridgehead atoms. The minimum Gasteiger partial charge on any atom is -0.308 e. The first-order valence-electron chi connectivity index (χ1n) is 6.41. The molecule has 0 unspecified atom stereocenters. The summed E-state index contributed by atoms with van der Waals surface area (Å²) >= 11 is 4.84. The molecule has 0 spiro atoms. The third kappa shape index (κ3) is 5.74. The Morgan fingerprint density at radius 3 is 2.71 bits per heavy atom. The number of rotatable bonds is 6. The van der Waals surface area contributed by atoms with E-state index in [0.29, 0.717) is 11.7 Å². The molecular weight excluding hydrogens is 374 g/mol. The van der Waals surface area contributed by atoms with Crippen LogP contribution >= 0.6 is 39.7 Å². The van der Waals surface area contributed by atoms with E-state index in [4.69, 9.17) is 0 Å². The van der Waals surface area contributed by atoms with Crippen LogP contribution in [0, 0.1) is 0 Å². The number of benzene rings is 1. The van der Waals surface area contributed by atoms with Crippen LogP contribution in [0.1, 0.15) is 13.3 Å². The summed E-state index contributed by atoms with van der Waals surface area (Å²) in [4.78, 5) is 16.1. The molecule has 2 aromatic rings. The van der Waals surface area contributed by atoms with Crippen LogP contribution < -0.4 is 10.6 Å². The zero-order chi connectivity index (χ0) is 14.4. The smallest absolute Gasteiger partial charge is 0.240 e. The molecule has 21 heavy (non-hydrogen) atoms. The monoisotopic (exact) mass is 389 g/mol. The minimum absolute atomic E-state index is 0. The summed E-state index contributed by atoms with van der Waals surface area (Å²) in [6.07, 6.45) is 1.01. The van der Waals surface area contributed by atoms with Gasteiger partial charge in [-0.2, -0.15) is 0 Å². The van der Waals surface area contributed by atoms with Crippen LogP contribution in [0.25, 0.3) is 11.3 Å². The van der Waals surface area contributed by atoms with Crippen molar-refractivity contribution in [2.45, 2.75) is 13.3 Å². The number of hydrogen-bond acceptors (Lipinski definition) is 4. The van der Waals surface area contributed by atoms with Crippen molar-refractivity contribution in [3.63, 3.8) is 0 Å². The molecular formula is C14H17BrClN3OS.